The normalized spacial score (nSPS) is 10.6. The summed E-state index contributed by atoms with van der Waals surface area (Å²) in [6.07, 6.45) is 0. The van der Waals surface area contributed by atoms with E-state index in [1.54, 1.807) is 6.92 Å². The van der Waals surface area contributed by atoms with Gasteiger partial charge in [0.05, 0.1) is 12.2 Å². The number of hydrogen-bond donors (Lipinski definition) is 1. The first-order valence-corrected chi connectivity index (χ1v) is 7.21. The smallest absolute Gasteiger partial charge is 0.355 e. The second-order valence-electron chi connectivity index (χ2n) is 4.49. The summed E-state index contributed by atoms with van der Waals surface area (Å²) < 4.78 is 0. The number of carbonyl (C=O) groups is 1. The van der Waals surface area contributed by atoms with Gasteiger partial charge in [-0.15, -0.1) is 11.3 Å². The van der Waals surface area contributed by atoms with E-state index in [1.807, 2.05) is 36.9 Å². The van der Waals surface area contributed by atoms with Crippen molar-refractivity contribution in [2.24, 2.45) is 0 Å². The molecule has 1 N–H and O–H groups in total. The second-order valence-corrected chi connectivity index (χ2v) is 5.67. The first-order valence-electron chi connectivity index (χ1n) is 6.39. The summed E-state index contributed by atoms with van der Waals surface area (Å²) in [6, 6.07) is 5.89. The van der Waals surface area contributed by atoms with Gasteiger partial charge in [0, 0.05) is 17.1 Å². The van der Waals surface area contributed by atoms with E-state index >= 15 is 0 Å². The SMILES string of the molecule is CCN(Cc1cccc(C)n1)c1nc(C(=O)O)c(C)s1. The maximum Gasteiger partial charge on any atom is 0.355 e. The third kappa shape index (κ3) is 3.14. The van der Waals surface area contributed by atoms with Gasteiger partial charge in [-0.3, -0.25) is 4.98 Å². The van der Waals surface area contributed by atoms with Gasteiger partial charge in [0.2, 0.25) is 0 Å². The number of pyridine rings is 1. The zero-order valence-electron chi connectivity index (χ0n) is 11.8. The van der Waals surface area contributed by atoms with Crippen molar-refractivity contribution in [3.8, 4) is 0 Å². The molecule has 0 atom stereocenters. The third-order valence-corrected chi connectivity index (χ3v) is 3.97. The summed E-state index contributed by atoms with van der Waals surface area (Å²) in [5.41, 5.74) is 2.07. The average molecular weight is 291 g/mol. The van der Waals surface area contributed by atoms with Crippen molar-refractivity contribution in [2.75, 3.05) is 11.4 Å². The Labute approximate surface area is 121 Å². The Bertz CT molecular complexity index is 625. The molecule has 0 aliphatic carbocycles. The first-order chi connectivity index (χ1) is 9.51. The standard InChI is InChI=1S/C14H17N3O2S/c1-4-17(8-11-7-5-6-9(2)15-11)14-16-12(13(18)19)10(3)20-14/h5-7H,4,8H2,1-3H3,(H,18,19). The number of nitrogens with zero attached hydrogens (tertiary/aromatic N) is 3. The van der Waals surface area contributed by atoms with Crippen LogP contribution in [0.5, 0.6) is 0 Å². The van der Waals surface area contributed by atoms with Crippen LogP contribution in [0.4, 0.5) is 5.13 Å². The topological polar surface area (TPSA) is 66.3 Å². The first kappa shape index (κ1) is 14.5. The average Bonchev–Trinajstić information content (AvgIpc) is 2.78. The van der Waals surface area contributed by atoms with Gasteiger partial charge in [-0.2, -0.15) is 0 Å². The van der Waals surface area contributed by atoms with E-state index < -0.39 is 5.97 Å². The van der Waals surface area contributed by atoms with Crippen LogP contribution in [0.15, 0.2) is 18.2 Å². The highest BCUT2D eigenvalue weighted by molar-refractivity contribution is 7.15. The predicted octanol–water partition coefficient (Wildman–Crippen LogP) is 2.88. The van der Waals surface area contributed by atoms with Crippen LogP contribution in [0.3, 0.4) is 0 Å². The minimum atomic E-state index is -0.977. The molecular weight excluding hydrogens is 274 g/mol. The van der Waals surface area contributed by atoms with Crippen molar-refractivity contribution in [3.05, 3.63) is 40.2 Å². The Kier molecular flexibility index (Phi) is 4.34. The van der Waals surface area contributed by atoms with Gasteiger partial charge in [0.25, 0.3) is 0 Å². The molecule has 0 aliphatic heterocycles. The Morgan fingerprint density at radius 1 is 1.35 bits per heavy atom. The molecule has 0 saturated heterocycles. The maximum absolute atomic E-state index is 11.1. The summed E-state index contributed by atoms with van der Waals surface area (Å²) in [6.45, 7) is 7.14. The molecule has 106 valence electrons. The lowest BCUT2D eigenvalue weighted by atomic mass is 10.3. The molecule has 0 bridgehead atoms. The molecular formula is C14H17N3O2S. The molecule has 0 aromatic carbocycles. The molecule has 0 radical (unpaired) electrons. The van der Waals surface area contributed by atoms with Crippen molar-refractivity contribution in [1.82, 2.24) is 9.97 Å². The second kappa shape index (κ2) is 6.00. The lowest BCUT2D eigenvalue weighted by molar-refractivity contribution is 0.0690. The van der Waals surface area contributed by atoms with E-state index in [1.165, 1.54) is 11.3 Å². The van der Waals surface area contributed by atoms with Gasteiger partial charge >= 0.3 is 5.97 Å². The molecule has 0 amide bonds. The molecule has 2 rings (SSSR count). The molecule has 5 nitrogen and oxygen atoms in total. The van der Waals surface area contributed by atoms with Gasteiger partial charge in [0.15, 0.2) is 10.8 Å². The number of hydrogen-bond acceptors (Lipinski definition) is 5. The third-order valence-electron chi connectivity index (χ3n) is 2.94. The van der Waals surface area contributed by atoms with Gasteiger partial charge in [-0.1, -0.05) is 6.07 Å². The number of anilines is 1. The van der Waals surface area contributed by atoms with Gasteiger partial charge in [-0.25, -0.2) is 9.78 Å². The quantitative estimate of drug-likeness (QED) is 0.917. The zero-order valence-corrected chi connectivity index (χ0v) is 12.6. The number of aromatic nitrogens is 2. The largest absolute Gasteiger partial charge is 0.476 e. The number of thiazole rings is 1. The van der Waals surface area contributed by atoms with E-state index in [0.717, 1.165) is 27.9 Å². The van der Waals surface area contributed by atoms with Crippen molar-refractivity contribution in [1.29, 1.82) is 0 Å². The summed E-state index contributed by atoms with van der Waals surface area (Å²) in [5.74, 6) is -0.977. The van der Waals surface area contributed by atoms with Crippen LogP contribution in [-0.4, -0.2) is 27.6 Å². The Morgan fingerprint density at radius 3 is 2.65 bits per heavy atom. The maximum atomic E-state index is 11.1. The van der Waals surface area contributed by atoms with E-state index in [4.69, 9.17) is 5.11 Å². The minimum Gasteiger partial charge on any atom is -0.476 e. The summed E-state index contributed by atoms with van der Waals surface area (Å²) >= 11 is 1.41. The van der Waals surface area contributed by atoms with E-state index in [-0.39, 0.29) is 5.69 Å². The Hall–Kier alpha value is -1.95. The Morgan fingerprint density at radius 2 is 2.10 bits per heavy atom. The molecule has 2 aromatic rings. The summed E-state index contributed by atoms with van der Waals surface area (Å²) in [7, 11) is 0. The fourth-order valence-corrected chi connectivity index (χ4v) is 2.88. The number of carboxylic acids is 1. The fraction of sp³-hybridized carbons (Fsp3) is 0.357. The lowest BCUT2D eigenvalue weighted by Crippen LogP contribution is -2.22. The zero-order chi connectivity index (χ0) is 14.7. The van der Waals surface area contributed by atoms with Crippen LogP contribution in [0, 0.1) is 13.8 Å². The summed E-state index contributed by atoms with van der Waals surface area (Å²) in [5, 5.41) is 9.80. The van der Waals surface area contributed by atoms with Gasteiger partial charge < -0.3 is 10.0 Å². The van der Waals surface area contributed by atoms with E-state index in [2.05, 4.69) is 9.97 Å². The lowest BCUT2D eigenvalue weighted by Gasteiger charge is -2.19. The van der Waals surface area contributed by atoms with Crippen LogP contribution in [0.1, 0.15) is 33.7 Å². The number of aryl methyl sites for hydroxylation is 2. The summed E-state index contributed by atoms with van der Waals surface area (Å²) in [4.78, 5) is 22.5. The van der Waals surface area contributed by atoms with Crippen molar-refractivity contribution < 1.29 is 9.90 Å². The number of carboxylic acid groups (broad SMARTS) is 1. The predicted molar refractivity (Wildman–Crippen MR) is 79.5 cm³/mol. The molecule has 6 heteroatoms. The molecule has 2 heterocycles. The van der Waals surface area contributed by atoms with Crippen LogP contribution >= 0.6 is 11.3 Å². The van der Waals surface area contributed by atoms with Crippen molar-refractivity contribution in [3.63, 3.8) is 0 Å². The molecule has 0 aliphatic rings. The fourth-order valence-electron chi connectivity index (χ4n) is 1.91. The molecule has 0 spiro atoms. The van der Waals surface area contributed by atoms with Crippen LogP contribution in [-0.2, 0) is 6.54 Å². The molecule has 0 saturated carbocycles. The van der Waals surface area contributed by atoms with Gasteiger partial charge in [0.1, 0.15) is 0 Å². The highest BCUT2D eigenvalue weighted by Crippen LogP contribution is 2.26. The van der Waals surface area contributed by atoms with E-state index in [9.17, 15) is 4.79 Å². The highest BCUT2D eigenvalue weighted by Gasteiger charge is 2.17. The van der Waals surface area contributed by atoms with Gasteiger partial charge in [-0.05, 0) is 32.9 Å². The van der Waals surface area contributed by atoms with Crippen molar-refractivity contribution >= 4 is 22.4 Å². The van der Waals surface area contributed by atoms with Crippen LogP contribution < -0.4 is 4.90 Å². The van der Waals surface area contributed by atoms with Crippen LogP contribution in [0.25, 0.3) is 0 Å². The number of aromatic carboxylic acids is 1. The monoisotopic (exact) mass is 291 g/mol. The molecule has 20 heavy (non-hydrogen) atoms. The Balaban J connectivity index is 2.24. The highest BCUT2D eigenvalue weighted by atomic mass is 32.1. The van der Waals surface area contributed by atoms with Crippen molar-refractivity contribution in [2.45, 2.75) is 27.3 Å². The molecule has 0 fully saturated rings. The molecule has 2 aromatic heterocycles. The molecule has 0 unspecified atom stereocenters. The number of rotatable bonds is 5. The van der Waals surface area contributed by atoms with Crippen LogP contribution in [0.2, 0.25) is 0 Å². The van der Waals surface area contributed by atoms with E-state index in [0.29, 0.717) is 6.54 Å². The minimum absolute atomic E-state index is 0.139.